The van der Waals surface area contributed by atoms with Crippen molar-refractivity contribution in [3.05, 3.63) is 24.4 Å². The summed E-state index contributed by atoms with van der Waals surface area (Å²) >= 11 is 1.85. The number of pyridine rings is 1. The van der Waals surface area contributed by atoms with Crippen molar-refractivity contribution >= 4 is 11.8 Å². The molecule has 1 aromatic rings. The number of nitrogens with one attached hydrogen (secondary N) is 1. The molecule has 0 aromatic carbocycles. The van der Waals surface area contributed by atoms with Gasteiger partial charge in [-0.3, -0.25) is 0 Å². The summed E-state index contributed by atoms with van der Waals surface area (Å²) in [6.45, 7) is 3.35. The molecule has 2 rings (SSSR count). The predicted molar refractivity (Wildman–Crippen MR) is 69.8 cm³/mol. The van der Waals surface area contributed by atoms with Gasteiger partial charge in [-0.15, -0.1) is 11.8 Å². The first-order chi connectivity index (χ1) is 7.84. The summed E-state index contributed by atoms with van der Waals surface area (Å²) in [5, 5.41) is 5.37. The second-order valence-electron chi connectivity index (χ2n) is 4.49. The number of nitrogens with zero attached hydrogens (tertiary/aromatic N) is 1. The Hall–Kier alpha value is -0.540. The van der Waals surface area contributed by atoms with Crippen LogP contribution in [-0.2, 0) is 0 Å². The third kappa shape index (κ3) is 3.80. The average Bonchev–Trinajstić information content (AvgIpc) is 2.81. The van der Waals surface area contributed by atoms with Gasteiger partial charge in [-0.25, -0.2) is 4.98 Å². The van der Waals surface area contributed by atoms with Crippen LogP contribution in [0.4, 0.5) is 0 Å². The Kier molecular flexibility index (Phi) is 4.67. The van der Waals surface area contributed by atoms with Crippen LogP contribution in [0.2, 0.25) is 0 Å². The van der Waals surface area contributed by atoms with E-state index in [1.54, 1.807) is 0 Å². The van der Waals surface area contributed by atoms with Gasteiger partial charge in [-0.05, 0) is 25.0 Å². The van der Waals surface area contributed by atoms with Gasteiger partial charge in [-0.2, -0.15) is 0 Å². The fourth-order valence-electron chi connectivity index (χ4n) is 2.13. The van der Waals surface area contributed by atoms with Gasteiger partial charge in [0.05, 0.1) is 5.03 Å². The van der Waals surface area contributed by atoms with Crippen LogP contribution >= 0.6 is 11.8 Å². The molecule has 1 aliphatic carbocycles. The normalized spacial score (nSPS) is 18.8. The molecule has 0 bridgehead atoms. The third-order valence-corrected chi connectivity index (χ3v) is 4.06. The standard InChI is InChI=1S/C13H20N2S/c1-11(10-15-12-6-2-3-7-12)16-13-8-4-5-9-14-13/h4-5,8-9,11-12,15H,2-3,6-7,10H2,1H3. The Morgan fingerprint density at radius 1 is 1.44 bits per heavy atom. The van der Waals surface area contributed by atoms with E-state index in [0.717, 1.165) is 17.6 Å². The Labute approximate surface area is 102 Å². The van der Waals surface area contributed by atoms with Crippen molar-refractivity contribution in [2.45, 2.75) is 48.9 Å². The summed E-state index contributed by atoms with van der Waals surface area (Å²) in [7, 11) is 0. The van der Waals surface area contributed by atoms with Crippen LogP contribution in [0.1, 0.15) is 32.6 Å². The fraction of sp³-hybridized carbons (Fsp3) is 0.615. The number of thioether (sulfide) groups is 1. The highest BCUT2D eigenvalue weighted by molar-refractivity contribution is 7.99. The summed E-state index contributed by atoms with van der Waals surface area (Å²) in [5.41, 5.74) is 0. The molecular formula is C13H20N2S. The second-order valence-corrected chi connectivity index (χ2v) is 5.94. The van der Waals surface area contributed by atoms with Crippen LogP contribution in [0.15, 0.2) is 29.4 Å². The molecular weight excluding hydrogens is 216 g/mol. The van der Waals surface area contributed by atoms with Crippen LogP contribution in [0, 0.1) is 0 Å². The first kappa shape index (κ1) is 11.9. The molecule has 2 nitrogen and oxygen atoms in total. The van der Waals surface area contributed by atoms with E-state index < -0.39 is 0 Å². The molecule has 1 atom stereocenters. The number of hydrogen-bond donors (Lipinski definition) is 1. The third-order valence-electron chi connectivity index (χ3n) is 3.01. The van der Waals surface area contributed by atoms with Gasteiger partial charge in [0.25, 0.3) is 0 Å². The van der Waals surface area contributed by atoms with Crippen molar-refractivity contribution in [2.24, 2.45) is 0 Å². The van der Waals surface area contributed by atoms with Gasteiger partial charge in [0.15, 0.2) is 0 Å². The van der Waals surface area contributed by atoms with E-state index in [4.69, 9.17) is 0 Å². The Morgan fingerprint density at radius 3 is 2.94 bits per heavy atom. The van der Waals surface area contributed by atoms with Crippen LogP contribution in [0.25, 0.3) is 0 Å². The van der Waals surface area contributed by atoms with E-state index in [1.165, 1.54) is 25.7 Å². The first-order valence-electron chi connectivity index (χ1n) is 6.15. The summed E-state index contributed by atoms with van der Waals surface area (Å²) < 4.78 is 0. The average molecular weight is 236 g/mol. The summed E-state index contributed by atoms with van der Waals surface area (Å²) in [4.78, 5) is 4.33. The van der Waals surface area contributed by atoms with E-state index >= 15 is 0 Å². The SMILES string of the molecule is CC(CNC1CCCC1)Sc1ccccn1. The minimum absolute atomic E-state index is 0.593. The monoisotopic (exact) mass is 236 g/mol. The largest absolute Gasteiger partial charge is 0.313 e. The van der Waals surface area contributed by atoms with Crippen LogP contribution in [0.5, 0.6) is 0 Å². The first-order valence-corrected chi connectivity index (χ1v) is 7.03. The molecule has 0 radical (unpaired) electrons. The predicted octanol–water partition coefficient (Wildman–Crippen LogP) is 3.09. The quantitative estimate of drug-likeness (QED) is 0.795. The summed E-state index contributed by atoms with van der Waals surface area (Å²) in [5.74, 6) is 0. The molecule has 0 spiro atoms. The van der Waals surface area contributed by atoms with E-state index in [2.05, 4.69) is 23.3 Å². The Balaban J connectivity index is 1.69. The van der Waals surface area contributed by atoms with Crippen LogP contribution < -0.4 is 5.32 Å². The zero-order chi connectivity index (χ0) is 11.2. The molecule has 1 aliphatic rings. The van der Waals surface area contributed by atoms with Gasteiger partial charge in [0.1, 0.15) is 0 Å². The lowest BCUT2D eigenvalue weighted by molar-refractivity contribution is 0.527. The van der Waals surface area contributed by atoms with E-state index in [9.17, 15) is 0 Å². The maximum atomic E-state index is 4.33. The molecule has 1 heterocycles. The van der Waals surface area contributed by atoms with E-state index in [0.29, 0.717) is 5.25 Å². The Bertz CT molecular complexity index is 296. The highest BCUT2D eigenvalue weighted by Gasteiger charge is 2.15. The lowest BCUT2D eigenvalue weighted by atomic mass is 10.2. The second kappa shape index (κ2) is 6.26. The van der Waals surface area contributed by atoms with Gasteiger partial charge in [-0.1, -0.05) is 25.8 Å². The van der Waals surface area contributed by atoms with Crippen LogP contribution in [0.3, 0.4) is 0 Å². The summed E-state index contributed by atoms with van der Waals surface area (Å²) in [6, 6.07) is 6.86. The summed E-state index contributed by atoms with van der Waals surface area (Å²) in [6.07, 6.45) is 7.39. The molecule has 1 fully saturated rings. The maximum absolute atomic E-state index is 4.33. The van der Waals surface area contributed by atoms with Crippen LogP contribution in [-0.4, -0.2) is 22.8 Å². The highest BCUT2D eigenvalue weighted by atomic mass is 32.2. The van der Waals surface area contributed by atoms with Crippen molar-refractivity contribution in [3.8, 4) is 0 Å². The molecule has 0 saturated heterocycles. The number of aromatic nitrogens is 1. The molecule has 1 unspecified atom stereocenters. The molecule has 1 saturated carbocycles. The van der Waals surface area contributed by atoms with Gasteiger partial charge >= 0.3 is 0 Å². The topological polar surface area (TPSA) is 24.9 Å². The van der Waals surface area contributed by atoms with Crippen molar-refractivity contribution in [1.29, 1.82) is 0 Å². The molecule has 0 amide bonds. The Morgan fingerprint density at radius 2 is 2.25 bits per heavy atom. The minimum atomic E-state index is 0.593. The number of rotatable bonds is 5. The van der Waals surface area contributed by atoms with Crippen molar-refractivity contribution in [3.63, 3.8) is 0 Å². The smallest absolute Gasteiger partial charge is 0.0962 e. The highest BCUT2D eigenvalue weighted by Crippen LogP contribution is 2.21. The van der Waals surface area contributed by atoms with Crippen molar-refractivity contribution < 1.29 is 0 Å². The molecule has 88 valence electrons. The van der Waals surface area contributed by atoms with E-state index in [1.807, 2.05) is 30.1 Å². The zero-order valence-electron chi connectivity index (χ0n) is 9.86. The van der Waals surface area contributed by atoms with Gasteiger partial charge in [0, 0.05) is 24.0 Å². The van der Waals surface area contributed by atoms with Gasteiger partial charge in [0.2, 0.25) is 0 Å². The maximum Gasteiger partial charge on any atom is 0.0962 e. The lowest BCUT2D eigenvalue weighted by Crippen LogP contribution is -2.31. The number of hydrogen-bond acceptors (Lipinski definition) is 3. The molecule has 1 aromatic heterocycles. The lowest BCUT2D eigenvalue weighted by Gasteiger charge is -2.16. The zero-order valence-corrected chi connectivity index (χ0v) is 10.7. The molecule has 1 N–H and O–H groups in total. The fourth-order valence-corrected chi connectivity index (χ4v) is 3.00. The minimum Gasteiger partial charge on any atom is -0.313 e. The van der Waals surface area contributed by atoms with Crippen molar-refractivity contribution in [2.75, 3.05) is 6.54 Å². The molecule has 3 heteroatoms. The molecule has 16 heavy (non-hydrogen) atoms. The van der Waals surface area contributed by atoms with Gasteiger partial charge < -0.3 is 5.32 Å². The molecule has 0 aliphatic heterocycles. The van der Waals surface area contributed by atoms with E-state index in [-0.39, 0.29) is 0 Å². The van der Waals surface area contributed by atoms with Crippen molar-refractivity contribution in [1.82, 2.24) is 10.3 Å².